The number of methoxy groups -OCH3 is 1. The number of ether oxygens (including phenoxy) is 3. The van der Waals surface area contributed by atoms with Crippen LogP contribution >= 0.6 is 0 Å². The van der Waals surface area contributed by atoms with Crippen LogP contribution in [0.3, 0.4) is 0 Å². The predicted molar refractivity (Wildman–Crippen MR) is 113 cm³/mol. The summed E-state index contributed by atoms with van der Waals surface area (Å²) in [5.41, 5.74) is 0.344. The Labute approximate surface area is 185 Å². The fourth-order valence-electron chi connectivity index (χ4n) is 3.00. The molecular formula is C21H22N2O8S. The minimum absolute atomic E-state index is 0.0119. The Morgan fingerprint density at radius 3 is 2.47 bits per heavy atom. The molecule has 11 heteroatoms. The van der Waals surface area contributed by atoms with Crippen LogP contribution in [0.25, 0.3) is 0 Å². The number of esters is 2. The van der Waals surface area contributed by atoms with Crippen LogP contribution in [0.5, 0.6) is 0 Å². The Bertz CT molecular complexity index is 1110. The van der Waals surface area contributed by atoms with E-state index in [1.807, 2.05) is 0 Å². The summed E-state index contributed by atoms with van der Waals surface area (Å²) in [4.78, 5) is 36.3. The van der Waals surface area contributed by atoms with Crippen molar-refractivity contribution in [1.82, 2.24) is 4.31 Å². The van der Waals surface area contributed by atoms with Crippen molar-refractivity contribution in [2.45, 2.75) is 4.90 Å². The van der Waals surface area contributed by atoms with Gasteiger partial charge in [-0.2, -0.15) is 4.31 Å². The van der Waals surface area contributed by atoms with E-state index >= 15 is 0 Å². The fraction of sp³-hybridized carbons (Fsp3) is 0.286. The molecule has 1 N–H and O–H groups in total. The third kappa shape index (κ3) is 5.49. The maximum Gasteiger partial charge on any atom is 0.339 e. The number of para-hydroxylation sites is 1. The van der Waals surface area contributed by atoms with Crippen molar-refractivity contribution < 1.29 is 37.0 Å². The molecule has 1 fully saturated rings. The number of nitrogens with one attached hydrogen (secondary N) is 1. The molecule has 0 atom stereocenters. The smallest absolute Gasteiger partial charge is 0.339 e. The van der Waals surface area contributed by atoms with Crippen LogP contribution in [0.2, 0.25) is 0 Å². The summed E-state index contributed by atoms with van der Waals surface area (Å²) in [6.07, 6.45) is 0. The molecule has 2 aromatic carbocycles. The summed E-state index contributed by atoms with van der Waals surface area (Å²) < 4.78 is 41.6. The Kier molecular flexibility index (Phi) is 7.57. The second-order valence-electron chi connectivity index (χ2n) is 6.71. The van der Waals surface area contributed by atoms with Crippen molar-refractivity contribution in [3.8, 4) is 0 Å². The average Bonchev–Trinajstić information content (AvgIpc) is 2.83. The number of carbonyl (C=O) groups excluding carboxylic acids is 3. The standard InChI is InChI=1S/C21H22N2O8S/c1-29-21(26)17-7-2-3-8-18(17)22-19(24)14-31-20(25)15-5-4-6-16(13-15)32(27,28)23-9-11-30-12-10-23/h2-8,13H,9-12,14H2,1H3,(H,22,24). The molecule has 1 saturated heterocycles. The third-order valence-corrected chi connectivity index (χ3v) is 6.51. The normalized spacial score (nSPS) is 14.4. The molecule has 0 bridgehead atoms. The molecule has 0 spiro atoms. The van der Waals surface area contributed by atoms with E-state index in [2.05, 4.69) is 10.1 Å². The van der Waals surface area contributed by atoms with Crippen LogP contribution < -0.4 is 5.32 Å². The van der Waals surface area contributed by atoms with Gasteiger partial charge in [0.15, 0.2) is 6.61 Å². The SMILES string of the molecule is COC(=O)c1ccccc1NC(=O)COC(=O)c1cccc(S(=O)(=O)N2CCOCC2)c1. The van der Waals surface area contributed by atoms with Gasteiger partial charge in [0.05, 0.1) is 42.0 Å². The first kappa shape index (κ1) is 23.4. The van der Waals surface area contributed by atoms with Crippen LogP contribution in [0, 0.1) is 0 Å². The lowest BCUT2D eigenvalue weighted by molar-refractivity contribution is -0.119. The van der Waals surface area contributed by atoms with E-state index in [1.54, 1.807) is 12.1 Å². The molecule has 1 heterocycles. The van der Waals surface area contributed by atoms with E-state index in [9.17, 15) is 22.8 Å². The van der Waals surface area contributed by atoms with Crippen molar-refractivity contribution >= 4 is 33.6 Å². The number of rotatable bonds is 7. The molecular weight excluding hydrogens is 440 g/mol. The Morgan fingerprint density at radius 1 is 1.03 bits per heavy atom. The quantitative estimate of drug-likeness (QED) is 0.610. The number of hydrogen-bond donors (Lipinski definition) is 1. The summed E-state index contributed by atoms with van der Waals surface area (Å²) in [5, 5.41) is 2.48. The number of anilines is 1. The first-order chi connectivity index (χ1) is 15.3. The zero-order valence-corrected chi connectivity index (χ0v) is 18.1. The first-order valence-electron chi connectivity index (χ1n) is 9.65. The summed E-state index contributed by atoms with van der Waals surface area (Å²) in [5.74, 6) is -2.16. The summed E-state index contributed by atoms with van der Waals surface area (Å²) in [6.45, 7) is 0.424. The molecule has 10 nitrogen and oxygen atoms in total. The van der Waals surface area contributed by atoms with Crippen molar-refractivity contribution in [3.05, 3.63) is 59.7 Å². The Morgan fingerprint density at radius 2 is 1.75 bits per heavy atom. The van der Waals surface area contributed by atoms with Gasteiger partial charge in [-0.25, -0.2) is 18.0 Å². The van der Waals surface area contributed by atoms with Crippen molar-refractivity contribution in [1.29, 1.82) is 0 Å². The van der Waals surface area contributed by atoms with E-state index in [0.717, 1.165) is 0 Å². The summed E-state index contributed by atoms with van der Waals surface area (Å²) in [6, 6.07) is 11.6. The highest BCUT2D eigenvalue weighted by Gasteiger charge is 2.27. The zero-order valence-electron chi connectivity index (χ0n) is 17.3. The lowest BCUT2D eigenvalue weighted by Crippen LogP contribution is -2.40. The van der Waals surface area contributed by atoms with Crippen LogP contribution in [-0.2, 0) is 29.0 Å². The third-order valence-electron chi connectivity index (χ3n) is 4.62. The maximum atomic E-state index is 12.8. The molecule has 1 amide bonds. The number of benzene rings is 2. The Hall–Kier alpha value is -3.28. The average molecular weight is 462 g/mol. The molecule has 3 rings (SSSR count). The van der Waals surface area contributed by atoms with Crippen molar-refractivity contribution in [2.75, 3.05) is 45.3 Å². The second-order valence-corrected chi connectivity index (χ2v) is 8.64. The minimum Gasteiger partial charge on any atom is -0.465 e. The number of amides is 1. The molecule has 1 aliphatic rings. The van der Waals surface area contributed by atoms with E-state index < -0.39 is 34.5 Å². The summed E-state index contributed by atoms with van der Waals surface area (Å²) in [7, 11) is -2.56. The van der Waals surface area contributed by atoms with Gasteiger partial charge < -0.3 is 19.5 Å². The lowest BCUT2D eigenvalue weighted by Gasteiger charge is -2.26. The van der Waals surface area contributed by atoms with Gasteiger partial charge in [0, 0.05) is 13.1 Å². The minimum atomic E-state index is -3.78. The fourth-order valence-corrected chi connectivity index (χ4v) is 4.45. The molecule has 170 valence electrons. The van der Waals surface area contributed by atoms with Gasteiger partial charge in [0.25, 0.3) is 5.91 Å². The van der Waals surface area contributed by atoms with E-state index in [1.165, 1.54) is 47.8 Å². The number of sulfonamides is 1. The number of carbonyl (C=O) groups is 3. The highest BCUT2D eigenvalue weighted by molar-refractivity contribution is 7.89. The molecule has 0 aliphatic carbocycles. The van der Waals surface area contributed by atoms with Gasteiger partial charge in [0.2, 0.25) is 10.0 Å². The highest BCUT2D eigenvalue weighted by atomic mass is 32.2. The largest absolute Gasteiger partial charge is 0.465 e. The molecule has 0 saturated carbocycles. The molecule has 32 heavy (non-hydrogen) atoms. The Balaban J connectivity index is 1.64. The predicted octanol–water partition coefficient (Wildman–Crippen LogP) is 1.29. The maximum absolute atomic E-state index is 12.8. The molecule has 2 aromatic rings. The number of hydrogen-bond acceptors (Lipinski definition) is 8. The molecule has 0 unspecified atom stereocenters. The van der Waals surface area contributed by atoms with Gasteiger partial charge in [-0.3, -0.25) is 4.79 Å². The van der Waals surface area contributed by atoms with E-state index in [4.69, 9.17) is 9.47 Å². The van der Waals surface area contributed by atoms with Gasteiger partial charge >= 0.3 is 11.9 Å². The van der Waals surface area contributed by atoms with Gasteiger partial charge in [-0.15, -0.1) is 0 Å². The number of nitrogens with zero attached hydrogens (tertiary/aromatic N) is 1. The van der Waals surface area contributed by atoms with E-state index in [-0.39, 0.29) is 34.8 Å². The van der Waals surface area contributed by atoms with Crippen molar-refractivity contribution in [2.24, 2.45) is 0 Å². The topological polar surface area (TPSA) is 128 Å². The second kappa shape index (κ2) is 10.4. The first-order valence-corrected chi connectivity index (χ1v) is 11.1. The lowest BCUT2D eigenvalue weighted by atomic mass is 10.2. The monoisotopic (exact) mass is 462 g/mol. The van der Waals surface area contributed by atoms with Crippen LogP contribution in [0.15, 0.2) is 53.4 Å². The van der Waals surface area contributed by atoms with Gasteiger partial charge in [-0.1, -0.05) is 18.2 Å². The molecule has 1 aliphatic heterocycles. The van der Waals surface area contributed by atoms with Crippen molar-refractivity contribution in [3.63, 3.8) is 0 Å². The van der Waals surface area contributed by atoms with Gasteiger partial charge in [-0.05, 0) is 30.3 Å². The van der Waals surface area contributed by atoms with E-state index in [0.29, 0.717) is 13.2 Å². The highest BCUT2D eigenvalue weighted by Crippen LogP contribution is 2.19. The summed E-state index contributed by atoms with van der Waals surface area (Å²) >= 11 is 0. The molecule has 0 radical (unpaired) electrons. The van der Waals surface area contributed by atoms with Crippen LogP contribution in [0.4, 0.5) is 5.69 Å². The number of morpholine rings is 1. The van der Waals surface area contributed by atoms with Crippen LogP contribution in [-0.4, -0.2) is 70.6 Å². The van der Waals surface area contributed by atoms with Crippen LogP contribution in [0.1, 0.15) is 20.7 Å². The van der Waals surface area contributed by atoms with Gasteiger partial charge in [0.1, 0.15) is 0 Å². The zero-order chi connectivity index (χ0) is 23.1. The molecule has 0 aromatic heterocycles.